The number of nitrogens with one attached hydrogen (secondary N) is 1. The fraction of sp³-hybridized carbons (Fsp3) is 0.286. The van der Waals surface area contributed by atoms with Crippen LogP contribution in [0.25, 0.3) is 0 Å². The Morgan fingerprint density at radius 3 is 2.67 bits per heavy atom. The fourth-order valence-electron chi connectivity index (χ4n) is 2.01. The summed E-state index contributed by atoms with van der Waals surface area (Å²) in [5.74, 6) is -0.275. The van der Waals surface area contributed by atoms with E-state index in [0.717, 1.165) is 0 Å². The molecule has 0 aliphatic carbocycles. The van der Waals surface area contributed by atoms with E-state index < -0.39 is 6.36 Å². The first-order valence-electron chi connectivity index (χ1n) is 6.22. The summed E-state index contributed by atoms with van der Waals surface area (Å²) >= 11 is 5.95. The molecular formula is C14H13ClF3NO2. The highest BCUT2D eigenvalue weighted by molar-refractivity contribution is 6.29. The van der Waals surface area contributed by atoms with Gasteiger partial charge in [-0.05, 0) is 41.9 Å². The van der Waals surface area contributed by atoms with Crippen molar-refractivity contribution in [1.82, 2.24) is 5.32 Å². The zero-order valence-electron chi connectivity index (χ0n) is 11.1. The van der Waals surface area contributed by atoms with Gasteiger partial charge in [0.05, 0.1) is 12.3 Å². The van der Waals surface area contributed by atoms with Gasteiger partial charge in [-0.15, -0.1) is 13.2 Å². The largest absolute Gasteiger partial charge is 0.573 e. The predicted octanol–water partition coefficient (Wildman–Crippen LogP) is 4.53. The van der Waals surface area contributed by atoms with Crippen LogP contribution >= 0.6 is 11.6 Å². The van der Waals surface area contributed by atoms with E-state index in [1.165, 1.54) is 24.5 Å². The van der Waals surface area contributed by atoms with Crippen molar-refractivity contribution < 1.29 is 22.3 Å². The van der Waals surface area contributed by atoms with Gasteiger partial charge in [-0.3, -0.25) is 0 Å². The molecule has 1 N–H and O–H groups in total. The van der Waals surface area contributed by atoms with Crippen molar-refractivity contribution in [2.45, 2.75) is 19.3 Å². The van der Waals surface area contributed by atoms with Crippen LogP contribution < -0.4 is 10.1 Å². The van der Waals surface area contributed by atoms with Gasteiger partial charge in [-0.1, -0.05) is 19.1 Å². The Labute approximate surface area is 124 Å². The van der Waals surface area contributed by atoms with Gasteiger partial charge in [0.1, 0.15) is 5.75 Å². The van der Waals surface area contributed by atoms with E-state index in [0.29, 0.717) is 17.7 Å². The highest BCUT2D eigenvalue weighted by atomic mass is 35.5. The van der Waals surface area contributed by atoms with Crippen LogP contribution in [0.5, 0.6) is 5.75 Å². The third kappa shape index (κ3) is 4.15. The summed E-state index contributed by atoms with van der Waals surface area (Å²) in [6, 6.07) is 7.06. The van der Waals surface area contributed by atoms with Gasteiger partial charge in [0.2, 0.25) is 0 Å². The molecule has 1 aromatic heterocycles. The fourth-order valence-corrected chi connectivity index (χ4v) is 2.24. The SMILES string of the molecule is CCNC(c1cccc(OC(F)(F)F)c1)c1ccoc1Cl. The summed E-state index contributed by atoms with van der Waals surface area (Å²) < 4.78 is 45.8. The zero-order chi connectivity index (χ0) is 15.5. The topological polar surface area (TPSA) is 34.4 Å². The van der Waals surface area contributed by atoms with Gasteiger partial charge in [0.25, 0.3) is 0 Å². The van der Waals surface area contributed by atoms with Crippen LogP contribution in [0.2, 0.25) is 5.22 Å². The molecule has 2 rings (SSSR count). The van der Waals surface area contributed by atoms with Crippen LogP contribution in [0.15, 0.2) is 41.0 Å². The van der Waals surface area contributed by atoms with E-state index in [2.05, 4.69) is 10.1 Å². The molecule has 0 amide bonds. The normalized spacial score (nSPS) is 13.2. The van der Waals surface area contributed by atoms with E-state index in [4.69, 9.17) is 16.0 Å². The number of halogens is 4. The summed E-state index contributed by atoms with van der Waals surface area (Å²) in [4.78, 5) is 0. The Balaban J connectivity index is 2.33. The smallest absolute Gasteiger partial charge is 0.453 e. The van der Waals surface area contributed by atoms with E-state index in [1.54, 1.807) is 12.1 Å². The molecule has 114 valence electrons. The van der Waals surface area contributed by atoms with Crippen LogP contribution in [-0.2, 0) is 0 Å². The van der Waals surface area contributed by atoms with Crippen LogP contribution in [0.1, 0.15) is 24.1 Å². The first-order chi connectivity index (χ1) is 9.90. The first-order valence-corrected chi connectivity index (χ1v) is 6.60. The second-order valence-electron chi connectivity index (χ2n) is 4.26. The van der Waals surface area contributed by atoms with Crippen LogP contribution in [0.3, 0.4) is 0 Å². The summed E-state index contributed by atoms with van der Waals surface area (Å²) in [5.41, 5.74) is 1.25. The van der Waals surface area contributed by atoms with Crippen molar-refractivity contribution in [3.05, 3.63) is 52.9 Å². The first kappa shape index (κ1) is 15.7. The summed E-state index contributed by atoms with van der Waals surface area (Å²) in [6.07, 6.45) is -3.29. The summed E-state index contributed by atoms with van der Waals surface area (Å²) in [6.45, 7) is 2.49. The maximum atomic E-state index is 12.3. The minimum Gasteiger partial charge on any atom is -0.453 e. The molecule has 1 aromatic carbocycles. The quantitative estimate of drug-likeness (QED) is 0.879. The van der Waals surface area contributed by atoms with Crippen LogP contribution in [0.4, 0.5) is 13.2 Å². The molecule has 0 aliphatic heterocycles. The molecule has 0 saturated heterocycles. The second kappa shape index (κ2) is 6.41. The number of furan rings is 1. The lowest BCUT2D eigenvalue weighted by molar-refractivity contribution is -0.274. The van der Waals surface area contributed by atoms with Crippen molar-refractivity contribution in [1.29, 1.82) is 0 Å². The lowest BCUT2D eigenvalue weighted by atomic mass is 10.0. The predicted molar refractivity (Wildman–Crippen MR) is 72.4 cm³/mol. The monoisotopic (exact) mass is 319 g/mol. The Morgan fingerprint density at radius 2 is 2.10 bits per heavy atom. The highest BCUT2D eigenvalue weighted by Crippen LogP contribution is 2.32. The molecule has 0 aliphatic rings. The van der Waals surface area contributed by atoms with Crippen molar-refractivity contribution in [2.24, 2.45) is 0 Å². The molecule has 1 atom stereocenters. The Bertz CT molecular complexity index is 598. The van der Waals surface area contributed by atoms with Crippen molar-refractivity contribution in [3.8, 4) is 5.75 Å². The van der Waals surface area contributed by atoms with E-state index in [1.807, 2.05) is 6.92 Å². The third-order valence-corrected chi connectivity index (χ3v) is 3.10. The molecule has 2 aromatic rings. The van der Waals surface area contributed by atoms with E-state index in [9.17, 15) is 13.2 Å². The molecule has 0 spiro atoms. The lowest BCUT2D eigenvalue weighted by Gasteiger charge is -2.18. The molecule has 21 heavy (non-hydrogen) atoms. The molecule has 7 heteroatoms. The van der Waals surface area contributed by atoms with Crippen molar-refractivity contribution in [2.75, 3.05) is 6.54 Å². The molecule has 3 nitrogen and oxygen atoms in total. The van der Waals surface area contributed by atoms with Crippen molar-refractivity contribution >= 4 is 11.6 Å². The van der Waals surface area contributed by atoms with Gasteiger partial charge < -0.3 is 14.5 Å². The average Bonchev–Trinajstić information content (AvgIpc) is 2.80. The number of alkyl halides is 3. The van der Waals surface area contributed by atoms with Crippen LogP contribution in [-0.4, -0.2) is 12.9 Å². The zero-order valence-corrected chi connectivity index (χ0v) is 11.8. The number of hydrogen-bond acceptors (Lipinski definition) is 3. The van der Waals surface area contributed by atoms with E-state index in [-0.39, 0.29) is 17.0 Å². The standard InChI is InChI=1S/C14H13ClF3NO2/c1-2-19-12(11-6-7-20-13(11)15)9-4-3-5-10(8-9)21-14(16,17)18/h3-8,12,19H,2H2,1H3. The van der Waals surface area contributed by atoms with Gasteiger partial charge in [0.15, 0.2) is 5.22 Å². The Kier molecular flexibility index (Phi) is 4.80. The minimum absolute atomic E-state index is 0.197. The van der Waals surface area contributed by atoms with Gasteiger partial charge in [-0.2, -0.15) is 0 Å². The lowest BCUT2D eigenvalue weighted by Crippen LogP contribution is -2.22. The highest BCUT2D eigenvalue weighted by Gasteiger charge is 2.31. The summed E-state index contributed by atoms with van der Waals surface area (Å²) in [5, 5.41) is 3.35. The summed E-state index contributed by atoms with van der Waals surface area (Å²) in [7, 11) is 0. The molecule has 1 heterocycles. The molecule has 0 saturated carbocycles. The van der Waals surface area contributed by atoms with Gasteiger partial charge in [-0.25, -0.2) is 0 Å². The number of ether oxygens (including phenoxy) is 1. The minimum atomic E-state index is -4.72. The Hall–Kier alpha value is -1.66. The number of benzene rings is 1. The van der Waals surface area contributed by atoms with E-state index >= 15 is 0 Å². The number of rotatable bonds is 5. The van der Waals surface area contributed by atoms with Gasteiger partial charge in [0, 0.05) is 5.56 Å². The average molecular weight is 320 g/mol. The third-order valence-electron chi connectivity index (χ3n) is 2.79. The number of hydrogen-bond donors (Lipinski definition) is 1. The molecular weight excluding hydrogens is 307 g/mol. The maximum absolute atomic E-state index is 12.3. The molecule has 0 radical (unpaired) electrons. The van der Waals surface area contributed by atoms with Crippen LogP contribution in [0, 0.1) is 0 Å². The van der Waals surface area contributed by atoms with Crippen molar-refractivity contribution in [3.63, 3.8) is 0 Å². The Morgan fingerprint density at radius 1 is 1.33 bits per heavy atom. The maximum Gasteiger partial charge on any atom is 0.573 e. The molecule has 0 bridgehead atoms. The molecule has 1 unspecified atom stereocenters. The second-order valence-corrected chi connectivity index (χ2v) is 4.60. The van der Waals surface area contributed by atoms with Gasteiger partial charge >= 0.3 is 6.36 Å². The molecule has 0 fully saturated rings.